The molecule has 2 aromatic rings. The summed E-state index contributed by atoms with van der Waals surface area (Å²) in [6.07, 6.45) is 1.43. The van der Waals surface area contributed by atoms with Crippen molar-refractivity contribution >= 4 is 46.6 Å². The Morgan fingerprint density at radius 1 is 1.31 bits per heavy atom. The van der Waals surface area contributed by atoms with Gasteiger partial charge in [0.25, 0.3) is 17.4 Å². The van der Waals surface area contributed by atoms with E-state index in [2.05, 4.69) is 20.9 Å². The number of nitrogens with zero attached hydrogens (tertiary/aromatic N) is 3. The second kappa shape index (κ2) is 13.5. The second-order valence-electron chi connectivity index (χ2n) is 8.09. The Labute approximate surface area is 211 Å². The molecule has 2 heterocycles. The van der Waals surface area contributed by atoms with E-state index in [-0.39, 0.29) is 58.4 Å². The van der Waals surface area contributed by atoms with Gasteiger partial charge in [-0.2, -0.15) is 5.26 Å². The maximum absolute atomic E-state index is 12.9. The highest BCUT2D eigenvalue weighted by atomic mass is 32.1. The molecule has 0 aliphatic rings. The Hall–Kier alpha value is -3.57. The minimum absolute atomic E-state index is 0.149. The zero-order chi connectivity index (χ0) is 26.7. The van der Waals surface area contributed by atoms with Gasteiger partial charge in [-0.1, -0.05) is 6.07 Å². The van der Waals surface area contributed by atoms with Crippen LogP contribution in [0.25, 0.3) is 11.8 Å². The van der Waals surface area contributed by atoms with Crippen LogP contribution in [0.1, 0.15) is 20.8 Å². The van der Waals surface area contributed by atoms with Crippen molar-refractivity contribution in [3.05, 3.63) is 37.7 Å². The second-order valence-corrected chi connectivity index (χ2v) is 9.12. The average Bonchev–Trinajstić information content (AvgIpc) is 3.15. The lowest BCUT2D eigenvalue weighted by atomic mass is 10.1. The lowest BCUT2D eigenvalue weighted by molar-refractivity contribution is -0.121. The summed E-state index contributed by atoms with van der Waals surface area (Å²) in [5.41, 5.74) is -1.55. The van der Waals surface area contributed by atoms with Gasteiger partial charge in [-0.15, -0.1) is 11.3 Å². The van der Waals surface area contributed by atoms with E-state index < -0.39 is 11.4 Å². The summed E-state index contributed by atoms with van der Waals surface area (Å²) in [6.45, 7) is 5.40. The Kier molecular flexibility index (Phi) is 10.8. The van der Waals surface area contributed by atoms with Crippen molar-refractivity contribution in [1.82, 2.24) is 14.9 Å². The molecule has 0 saturated heterocycles. The number of aliphatic hydroxyl groups is 1. The van der Waals surface area contributed by atoms with E-state index in [1.54, 1.807) is 39.0 Å². The maximum Gasteiger partial charge on any atom is 0.270 e. The first kappa shape index (κ1) is 28.7. The van der Waals surface area contributed by atoms with Gasteiger partial charge in [-0.05, 0) is 32.9 Å². The summed E-state index contributed by atoms with van der Waals surface area (Å²) < 4.78 is 11.8. The zero-order valence-corrected chi connectivity index (χ0v) is 21.4. The van der Waals surface area contributed by atoms with Crippen LogP contribution in [0.15, 0.2) is 23.0 Å². The minimum Gasteiger partial charge on any atom is -0.394 e. The quantitative estimate of drug-likeness (QED) is 0.267. The summed E-state index contributed by atoms with van der Waals surface area (Å²) in [4.78, 5) is 41.8. The van der Waals surface area contributed by atoms with Crippen LogP contribution in [0.5, 0.6) is 0 Å². The van der Waals surface area contributed by atoms with Gasteiger partial charge in [0.15, 0.2) is 5.57 Å². The number of pyridine rings is 1. The van der Waals surface area contributed by atoms with Crippen molar-refractivity contribution < 1.29 is 24.2 Å². The van der Waals surface area contributed by atoms with E-state index >= 15 is 0 Å². The molecule has 0 fully saturated rings. The van der Waals surface area contributed by atoms with Crippen molar-refractivity contribution in [2.24, 2.45) is 0 Å². The highest BCUT2D eigenvalue weighted by Crippen LogP contribution is 2.09. The van der Waals surface area contributed by atoms with Crippen molar-refractivity contribution in [1.29, 1.82) is 5.26 Å². The predicted octanol–water partition coefficient (Wildman–Crippen LogP) is -0.662. The third-order valence-corrected chi connectivity index (χ3v) is 5.79. The number of aromatic nitrogens is 2. The molecule has 2 rings (SSSR count). The van der Waals surface area contributed by atoms with Gasteiger partial charge in [-0.3, -0.25) is 19.0 Å². The van der Waals surface area contributed by atoms with Crippen molar-refractivity contribution in [3.63, 3.8) is 0 Å². The smallest absolute Gasteiger partial charge is 0.270 e. The lowest BCUT2D eigenvalue weighted by Crippen LogP contribution is -2.47. The van der Waals surface area contributed by atoms with Gasteiger partial charge >= 0.3 is 0 Å². The number of rotatable bonds is 12. The molecule has 4 N–H and O–H groups in total. The summed E-state index contributed by atoms with van der Waals surface area (Å²) in [6, 6.07) is 6.79. The van der Waals surface area contributed by atoms with Crippen LogP contribution in [0.4, 0.5) is 11.6 Å². The number of hydrogen-bond acceptors (Lipinski definition) is 10. The molecular formula is C23H30N6O6S. The number of carbonyl (C=O) groups excluding carboxylic acids is 2. The molecular weight excluding hydrogens is 488 g/mol. The van der Waals surface area contributed by atoms with Crippen LogP contribution >= 0.6 is 11.3 Å². The van der Waals surface area contributed by atoms with E-state index in [0.29, 0.717) is 12.4 Å². The maximum atomic E-state index is 12.9. The number of aliphatic hydroxyl groups excluding tert-OH is 1. The molecule has 0 aromatic carbocycles. The molecule has 194 valence electrons. The fourth-order valence-corrected chi connectivity index (χ4v) is 3.89. The van der Waals surface area contributed by atoms with Crippen LogP contribution in [-0.2, 0) is 25.6 Å². The molecule has 2 aromatic heterocycles. The number of nitriles is 1. The molecule has 2 amide bonds. The SMILES string of the molecule is CCn1c(=C(C#N)C(=O)NC(C)(C)CO)sc(=CNc2cccc(NC(=O)COCCOC)n2)c1=O. The Morgan fingerprint density at radius 3 is 2.67 bits per heavy atom. The lowest BCUT2D eigenvalue weighted by Gasteiger charge is -2.22. The van der Waals surface area contributed by atoms with Gasteiger partial charge in [-0.25, -0.2) is 4.98 Å². The Morgan fingerprint density at radius 2 is 2.03 bits per heavy atom. The van der Waals surface area contributed by atoms with E-state index in [1.165, 1.54) is 17.9 Å². The van der Waals surface area contributed by atoms with Crippen LogP contribution < -0.4 is 30.7 Å². The fraction of sp³-hybridized carbons (Fsp3) is 0.435. The number of thiazole rings is 1. The molecule has 0 spiro atoms. The molecule has 13 heteroatoms. The first-order chi connectivity index (χ1) is 17.1. The van der Waals surface area contributed by atoms with Crippen molar-refractivity contribution in [3.8, 4) is 6.07 Å². The summed E-state index contributed by atoms with van der Waals surface area (Å²) >= 11 is 0.978. The number of hydrogen-bond donors (Lipinski definition) is 4. The van der Waals surface area contributed by atoms with Crippen LogP contribution in [0.2, 0.25) is 0 Å². The van der Waals surface area contributed by atoms with Gasteiger partial charge in [0, 0.05) is 19.9 Å². The standard InChI is InChI=1S/C23H30N6O6S/c1-5-29-21(33)16(36-22(29)15(11-24)20(32)28-23(2,3)14-30)12-25-17-7-6-8-18(26-17)27-19(31)13-35-10-9-34-4/h6-8,12,30H,5,9-10,13-14H2,1-4H3,(H,28,32)(H2,25,26,27,31). The molecule has 0 aliphatic carbocycles. The van der Waals surface area contributed by atoms with Gasteiger partial charge in [0.05, 0.1) is 25.4 Å². The van der Waals surface area contributed by atoms with E-state index in [1.807, 2.05) is 6.07 Å². The third kappa shape index (κ3) is 7.99. The molecule has 0 unspecified atom stereocenters. The molecule has 12 nitrogen and oxygen atoms in total. The zero-order valence-electron chi connectivity index (χ0n) is 20.6. The van der Waals surface area contributed by atoms with Gasteiger partial charge in [0.2, 0.25) is 0 Å². The minimum atomic E-state index is -0.938. The number of nitrogens with one attached hydrogen (secondary N) is 3. The fourth-order valence-electron chi connectivity index (χ4n) is 2.81. The molecule has 0 radical (unpaired) electrons. The van der Waals surface area contributed by atoms with Crippen molar-refractivity contribution in [2.45, 2.75) is 32.9 Å². The monoisotopic (exact) mass is 518 g/mol. The number of amides is 2. The number of methoxy groups -OCH3 is 1. The first-order valence-electron chi connectivity index (χ1n) is 11.0. The van der Waals surface area contributed by atoms with E-state index in [0.717, 1.165) is 11.3 Å². The first-order valence-corrected chi connectivity index (χ1v) is 11.8. The Balaban J connectivity index is 2.29. The topological polar surface area (TPSA) is 168 Å². The molecule has 0 bridgehead atoms. The van der Waals surface area contributed by atoms with E-state index in [9.17, 15) is 24.8 Å². The largest absolute Gasteiger partial charge is 0.394 e. The molecule has 0 aliphatic heterocycles. The number of anilines is 2. The van der Waals surface area contributed by atoms with Gasteiger partial charge < -0.3 is 30.5 Å². The molecule has 36 heavy (non-hydrogen) atoms. The van der Waals surface area contributed by atoms with Crippen molar-refractivity contribution in [2.75, 3.05) is 44.2 Å². The summed E-state index contributed by atoms with van der Waals surface area (Å²) in [5, 5.41) is 27.2. The van der Waals surface area contributed by atoms with E-state index in [4.69, 9.17) is 9.47 Å². The van der Waals surface area contributed by atoms with Crippen LogP contribution in [0, 0.1) is 11.3 Å². The van der Waals surface area contributed by atoms with Crippen LogP contribution in [0.3, 0.4) is 0 Å². The van der Waals surface area contributed by atoms with Crippen LogP contribution in [-0.4, -0.2) is 65.5 Å². The van der Waals surface area contributed by atoms with Gasteiger partial charge in [0.1, 0.15) is 33.5 Å². The normalized spacial score (nSPS) is 12.6. The Bertz CT molecular complexity index is 1290. The molecule has 0 saturated carbocycles. The highest BCUT2D eigenvalue weighted by molar-refractivity contribution is 7.07. The average molecular weight is 519 g/mol. The number of carbonyl (C=O) groups is 2. The molecule has 0 atom stereocenters. The summed E-state index contributed by atoms with van der Waals surface area (Å²) in [5.74, 6) is -0.418. The highest BCUT2D eigenvalue weighted by Gasteiger charge is 2.23. The summed E-state index contributed by atoms with van der Waals surface area (Å²) in [7, 11) is 1.54. The predicted molar refractivity (Wildman–Crippen MR) is 135 cm³/mol. The number of ether oxygens (including phenoxy) is 2. The third-order valence-electron chi connectivity index (χ3n) is 4.66.